The predicted molar refractivity (Wildman–Crippen MR) is 86.7 cm³/mol. The van der Waals surface area contributed by atoms with Crippen LogP contribution in [0.5, 0.6) is 0 Å². The van der Waals surface area contributed by atoms with Gasteiger partial charge in [0.05, 0.1) is 18.1 Å². The minimum absolute atomic E-state index is 0. The summed E-state index contributed by atoms with van der Waals surface area (Å²) in [5, 5.41) is 0. The first-order valence-corrected chi connectivity index (χ1v) is 7.53. The van der Waals surface area contributed by atoms with Gasteiger partial charge >= 0.3 is 6.18 Å². The number of hydrogen-bond acceptors (Lipinski definition) is 3. The summed E-state index contributed by atoms with van der Waals surface area (Å²) in [5.74, 6) is -0.0790. The van der Waals surface area contributed by atoms with Crippen LogP contribution in [0, 0.1) is 0 Å². The number of methoxy groups -OCH3 is 1. The van der Waals surface area contributed by atoms with Crippen molar-refractivity contribution in [3.63, 3.8) is 0 Å². The summed E-state index contributed by atoms with van der Waals surface area (Å²) < 4.78 is 42.9. The summed E-state index contributed by atoms with van der Waals surface area (Å²) in [6.45, 7) is 0.559. The number of amides is 1. The van der Waals surface area contributed by atoms with Gasteiger partial charge in [0, 0.05) is 26.2 Å². The number of carbonyl (C=O) groups is 1. The normalized spacial score (nSPS) is 15.5. The molecule has 1 unspecified atom stereocenters. The van der Waals surface area contributed by atoms with Crippen molar-refractivity contribution in [3.05, 3.63) is 35.4 Å². The number of halogens is 4. The van der Waals surface area contributed by atoms with Gasteiger partial charge < -0.3 is 15.4 Å². The highest BCUT2D eigenvalue weighted by Crippen LogP contribution is 2.31. The lowest BCUT2D eigenvalue weighted by Gasteiger charge is -2.24. The molecular weight excluding hydrogens is 345 g/mol. The number of nitrogens with two attached hydrogens (primary N) is 1. The van der Waals surface area contributed by atoms with Gasteiger partial charge in [0.1, 0.15) is 0 Å². The van der Waals surface area contributed by atoms with Gasteiger partial charge in [-0.25, -0.2) is 0 Å². The predicted octanol–water partition coefficient (Wildman–Crippen LogP) is 2.98. The molecule has 1 aromatic carbocycles. The summed E-state index contributed by atoms with van der Waals surface area (Å²) in [5.41, 5.74) is 5.52. The Morgan fingerprint density at radius 3 is 2.33 bits per heavy atom. The summed E-state index contributed by atoms with van der Waals surface area (Å²) >= 11 is 0. The van der Waals surface area contributed by atoms with E-state index in [9.17, 15) is 18.0 Å². The van der Waals surface area contributed by atoms with E-state index in [1.165, 1.54) is 19.2 Å². The lowest BCUT2D eigenvalue weighted by Crippen LogP contribution is -2.37. The fourth-order valence-electron chi connectivity index (χ4n) is 2.38. The van der Waals surface area contributed by atoms with Crippen molar-refractivity contribution < 1.29 is 22.7 Å². The van der Waals surface area contributed by atoms with Crippen LogP contribution in [0.15, 0.2) is 24.3 Å². The average Bonchev–Trinajstić information content (AvgIpc) is 3.34. The largest absolute Gasteiger partial charge is 0.416 e. The van der Waals surface area contributed by atoms with Crippen molar-refractivity contribution in [1.82, 2.24) is 4.90 Å². The van der Waals surface area contributed by atoms with Crippen LogP contribution in [-0.4, -0.2) is 36.6 Å². The highest BCUT2D eigenvalue weighted by Gasteiger charge is 2.34. The first-order chi connectivity index (χ1) is 10.8. The van der Waals surface area contributed by atoms with Crippen LogP contribution in [0.1, 0.15) is 30.4 Å². The van der Waals surface area contributed by atoms with E-state index in [1.807, 2.05) is 0 Å². The second kappa shape index (κ2) is 8.69. The molecule has 0 radical (unpaired) electrons. The van der Waals surface area contributed by atoms with E-state index >= 15 is 0 Å². The van der Waals surface area contributed by atoms with Crippen LogP contribution < -0.4 is 5.73 Å². The van der Waals surface area contributed by atoms with Gasteiger partial charge in [0.2, 0.25) is 5.91 Å². The molecule has 2 N–H and O–H groups in total. The van der Waals surface area contributed by atoms with Gasteiger partial charge in [-0.15, -0.1) is 12.4 Å². The highest BCUT2D eigenvalue weighted by molar-refractivity contribution is 5.85. The first-order valence-electron chi connectivity index (χ1n) is 7.53. The first kappa shape index (κ1) is 20.7. The van der Waals surface area contributed by atoms with Crippen LogP contribution in [0.3, 0.4) is 0 Å². The zero-order chi connectivity index (χ0) is 17.0. The zero-order valence-electron chi connectivity index (χ0n) is 13.4. The Labute approximate surface area is 145 Å². The molecule has 0 spiro atoms. The van der Waals surface area contributed by atoms with Gasteiger partial charge in [-0.05, 0) is 30.5 Å². The SMILES string of the molecule is COC(CN)CC(=O)N(Cc1ccc(C(F)(F)F)cc1)C1CC1.Cl. The van der Waals surface area contributed by atoms with Crippen molar-refractivity contribution in [3.8, 4) is 0 Å². The minimum Gasteiger partial charge on any atom is -0.380 e. The molecule has 24 heavy (non-hydrogen) atoms. The molecule has 4 nitrogen and oxygen atoms in total. The van der Waals surface area contributed by atoms with Crippen molar-refractivity contribution in [2.24, 2.45) is 5.73 Å². The molecule has 0 aliphatic heterocycles. The zero-order valence-corrected chi connectivity index (χ0v) is 14.2. The molecule has 8 heteroatoms. The van der Waals surface area contributed by atoms with Crippen LogP contribution in [0.2, 0.25) is 0 Å². The maximum atomic E-state index is 12.6. The molecule has 1 amide bonds. The number of rotatable bonds is 7. The number of benzene rings is 1. The van der Waals surface area contributed by atoms with Crippen molar-refractivity contribution in [2.45, 2.75) is 44.1 Å². The van der Waals surface area contributed by atoms with E-state index in [4.69, 9.17) is 10.5 Å². The Morgan fingerprint density at radius 1 is 1.33 bits per heavy atom. The van der Waals surface area contributed by atoms with Gasteiger partial charge in [0.25, 0.3) is 0 Å². The van der Waals surface area contributed by atoms with Crippen LogP contribution in [-0.2, 0) is 22.3 Å². The van der Waals surface area contributed by atoms with Gasteiger partial charge in [-0.1, -0.05) is 12.1 Å². The van der Waals surface area contributed by atoms with Gasteiger partial charge in [-0.3, -0.25) is 4.79 Å². The topological polar surface area (TPSA) is 55.6 Å². The number of ether oxygens (including phenoxy) is 1. The fraction of sp³-hybridized carbons (Fsp3) is 0.562. The Balaban J connectivity index is 0.00000288. The molecule has 1 saturated carbocycles. The lowest BCUT2D eigenvalue weighted by atomic mass is 10.1. The molecule has 0 bridgehead atoms. The Morgan fingerprint density at radius 2 is 1.92 bits per heavy atom. The average molecular weight is 367 g/mol. The summed E-state index contributed by atoms with van der Waals surface area (Å²) in [6.07, 6.45) is -2.66. The standard InChI is InChI=1S/C16H21F3N2O2.ClH/c1-23-14(9-20)8-15(22)21(13-6-7-13)10-11-2-4-12(5-3-11)16(17,18)19;/h2-5,13-14H,6-10,20H2,1H3;1H. The van der Waals surface area contributed by atoms with Crippen molar-refractivity contribution in [1.29, 1.82) is 0 Å². The number of alkyl halides is 3. The molecule has 1 fully saturated rings. The summed E-state index contributed by atoms with van der Waals surface area (Å²) in [4.78, 5) is 14.1. The van der Waals surface area contributed by atoms with E-state index in [2.05, 4.69) is 0 Å². The van der Waals surface area contributed by atoms with Crippen LogP contribution in [0.25, 0.3) is 0 Å². The Bertz CT molecular complexity index is 529. The minimum atomic E-state index is -4.35. The molecule has 1 aliphatic carbocycles. The third-order valence-electron chi connectivity index (χ3n) is 3.94. The van der Waals surface area contributed by atoms with Gasteiger partial charge in [0.15, 0.2) is 0 Å². The van der Waals surface area contributed by atoms with Gasteiger partial charge in [-0.2, -0.15) is 13.2 Å². The van der Waals surface area contributed by atoms with E-state index in [1.54, 1.807) is 4.90 Å². The van der Waals surface area contributed by atoms with Crippen LogP contribution >= 0.6 is 12.4 Å². The molecule has 136 valence electrons. The molecule has 0 saturated heterocycles. The summed E-state index contributed by atoms with van der Waals surface area (Å²) in [6, 6.07) is 5.09. The number of hydrogen-bond donors (Lipinski definition) is 1. The van der Waals surface area contributed by atoms with Crippen molar-refractivity contribution in [2.75, 3.05) is 13.7 Å². The molecule has 1 aliphatic rings. The molecule has 1 atom stereocenters. The smallest absolute Gasteiger partial charge is 0.380 e. The van der Waals surface area contributed by atoms with E-state index in [-0.39, 0.29) is 43.4 Å². The summed E-state index contributed by atoms with van der Waals surface area (Å²) in [7, 11) is 1.50. The molecule has 0 aromatic heterocycles. The second-order valence-electron chi connectivity index (χ2n) is 5.75. The monoisotopic (exact) mass is 366 g/mol. The molecule has 0 heterocycles. The third-order valence-corrected chi connectivity index (χ3v) is 3.94. The quantitative estimate of drug-likeness (QED) is 0.807. The number of carbonyl (C=O) groups excluding carboxylic acids is 1. The maximum absolute atomic E-state index is 12.6. The maximum Gasteiger partial charge on any atom is 0.416 e. The third kappa shape index (κ3) is 5.65. The second-order valence-corrected chi connectivity index (χ2v) is 5.75. The Hall–Kier alpha value is -1.31. The Kier molecular flexibility index (Phi) is 7.51. The van der Waals surface area contributed by atoms with E-state index in [0.29, 0.717) is 12.1 Å². The number of nitrogens with zero attached hydrogens (tertiary/aromatic N) is 1. The molecular formula is C16H22ClF3N2O2. The highest BCUT2D eigenvalue weighted by atomic mass is 35.5. The molecule has 2 rings (SSSR count). The van der Waals surface area contributed by atoms with Crippen molar-refractivity contribution >= 4 is 18.3 Å². The van der Waals surface area contributed by atoms with E-state index < -0.39 is 11.7 Å². The fourth-order valence-corrected chi connectivity index (χ4v) is 2.38. The van der Waals surface area contributed by atoms with E-state index in [0.717, 1.165) is 25.0 Å². The van der Waals surface area contributed by atoms with Crippen LogP contribution in [0.4, 0.5) is 13.2 Å². The lowest BCUT2D eigenvalue weighted by molar-refractivity contribution is -0.138. The molecule has 1 aromatic rings.